The van der Waals surface area contributed by atoms with Crippen molar-refractivity contribution in [2.75, 3.05) is 12.4 Å². The average Bonchev–Trinajstić information content (AvgIpc) is 2.78. The number of carbonyl (C=O) groups is 2. The smallest absolute Gasteiger partial charge is 0.313 e. The first-order valence-corrected chi connectivity index (χ1v) is 7.46. The second-order valence-corrected chi connectivity index (χ2v) is 6.86. The maximum absolute atomic E-state index is 12.8. The predicted molar refractivity (Wildman–Crippen MR) is 81.6 cm³/mol. The lowest BCUT2D eigenvalue weighted by Gasteiger charge is -2.35. The monoisotopic (exact) mass is 303 g/mol. The highest BCUT2D eigenvalue weighted by atomic mass is 16.6. The summed E-state index contributed by atoms with van der Waals surface area (Å²) in [7, 11) is 1.59. The van der Waals surface area contributed by atoms with Crippen LogP contribution in [0.4, 0.5) is 5.69 Å². The number of anilines is 1. The Bertz CT molecular complexity index is 637. The number of hydrogen-bond donors (Lipinski definition) is 1. The van der Waals surface area contributed by atoms with Gasteiger partial charge in [-0.15, -0.1) is 0 Å². The van der Waals surface area contributed by atoms with E-state index in [1.807, 2.05) is 20.8 Å². The van der Waals surface area contributed by atoms with Crippen LogP contribution in [0.3, 0.4) is 0 Å². The normalized spacial score (nSPS) is 31.7. The highest BCUT2D eigenvalue weighted by Gasteiger charge is 2.75. The van der Waals surface area contributed by atoms with Gasteiger partial charge in [0.1, 0.15) is 5.75 Å². The van der Waals surface area contributed by atoms with Crippen LogP contribution in [0.2, 0.25) is 0 Å². The van der Waals surface area contributed by atoms with Crippen LogP contribution in [0.1, 0.15) is 33.6 Å². The Balaban J connectivity index is 1.87. The number of nitrogens with one attached hydrogen (secondary N) is 1. The number of fused-ring (bicyclic) bond motifs is 2. The van der Waals surface area contributed by atoms with E-state index in [1.165, 1.54) is 0 Å². The highest BCUT2D eigenvalue weighted by molar-refractivity contribution is 6.03. The fraction of sp³-hybridized carbons (Fsp3) is 0.529. The molecule has 3 rings (SSSR count). The molecule has 2 atom stereocenters. The zero-order valence-corrected chi connectivity index (χ0v) is 13.4. The van der Waals surface area contributed by atoms with Crippen LogP contribution < -0.4 is 10.1 Å². The molecular formula is C17H21NO4. The summed E-state index contributed by atoms with van der Waals surface area (Å²) in [6, 6.07) is 7.09. The second-order valence-electron chi connectivity index (χ2n) is 6.86. The Hall–Kier alpha value is -2.04. The SMILES string of the molecule is COc1ccc(NC(=O)[C@]23CC[C@](C)(C(=O)O2)C3(C)C)cc1. The quantitative estimate of drug-likeness (QED) is 0.872. The zero-order chi connectivity index (χ0) is 16.2. The Morgan fingerprint density at radius 1 is 1.18 bits per heavy atom. The van der Waals surface area contributed by atoms with Gasteiger partial charge in [0, 0.05) is 11.1 Å². The molecule has 0 radical (unpaired) electrons. The summed E-state index contributed by atoms with van der Waals surface area (Å²) in [6.07, 6.45) is 1.24. The van der Waals surface area contributed by atoms with Gasteiger partial charge in [0.15, 0.2) is 5.60 Å². The van der Waals surface area contributed by atoms with Gasteiger partial charge in [-0.2, -0.15) is 0 Å². The van der Waals surface area contributed by atoms with Crippen molar-refractivity contribution in [2.45, 2.75) is 39.2 Å². The fourth-order valence-corrected chi connectivity index (χ4v) is 3.65. The molecule has 5 heteroatoms. The molecule has 1 amide bonds. The Kier molecular flexibility index (Phi) is 3.03. The summed E-state index contributed by atoms with van der Waals surface area (Å²) in [5, 5.41) is 2.88. The highest BCUT2D eigenvalue weighted by Crippen LogP contribution is 2.65. The first-order valence-electron chi connectivity index (χ1n) is 7.46. The number of rotatable bonds is 3. The van der Waals surface area contributed by atoms with Crippen LogP contribution in [-0.4, -0.2) is 24.6 Å². The Morgan fingerprint density at radius 3 is 2.27 bits per heavy atom. The minimum atomic E-state index is -1.08. The van der Waals surface area contributed by atoms with Gasteiger partial charge >= 0.3 is 5.97 Å². The van der Waals surface area contributed by atoms with E-state index < -0.39 is 16.4 Å². The molecule has 1 saturated heterocycles. The molecule has 1 aromatic carbocycles. The van der Waals surface area contributed by atoms with Crippen molar-refractivity contribution in [1.29, 1.82) is 0 Å². The van der Waals surface area contributed by atoms with Crippen molar-refractivity contribution >= 4 is 17.6 Å². The van der Waals surface area contributed by atoms with Crippen LogP contribution in [0.15, 0.2) is 24.3 Å². The lowest BCUT2D eigenvalue weighted by Crippen LogP contribution is -2.50. The minimum Gasteiger partial charge on any atom is -0.497 e. The number of methoxy groups -OCH3 is 1. The van der Waals surface area contributed by atoms with Gasteiger partial charge in [0.05, 0.1) is 12.5 Å². The Labute approximate surface area is 130 Å². The van der Waals surface area contributed by atoms with Gasteiger partial charge in [-0.1, -0.05) is 13.8 Å². The van der Waals surface area contributed by atoms with E-state index >= 15 is 0 Å². The first kappa shape index (κ1) is 14.9. The number of esters is 1. The molecule has 0 aromatic heterocycles. The number of ether oxygens (including phenoxy) is 2. The first-order chi connectivity index (χ1) is 10.3. The lowest BCUT2D eigenvalue weighted by molar-refractivity contribution is -0.165. The third-order valence-corrected chi connectivity index (χ3v) is 5.80. The van der Waals surface area contributed by atoms with Crippen molar-refractivity contribution in [2.24, 2.45) is 10.8 Å². The molecule has 2 fully saturated rings. The molecule has 0 unspecified atom stereocenters. The Morgan fingerprint density at radius 2 is 1.82 bits per heavy atom. The van der Waals surface area contributed by atoms with Crippen molar-refractivity contribution in [1.82, 2.24) is 0 Å². The third-order valence-electron chi connectivity index (χ3n) is 5.80. The summed E-state index contributed by atoms with van der Waals surface area (Å²) in [6.45, 7) is 5.78. The van der Waals surface area contributed by atoms with Gasteiger partial charge in [-0.3, -0.25) is 9.59 Å². The third kappa shape index (κ3) is 1.65. The predicted octanol–water partition coefficient (Wildman–Crippen LogP) is 2.76. The van der Waals surface area contributed by atoms with Crippen LogP contribution in [0.5, 0.6) is 5.75 Å². The molecule has 2 aliphatic rings. The minimum absolute atomic E-state index is 0.253. The van der Waals surface area contributed by atoms with E-state index in [9.17, 15) is 9.59 Å². The van der Waals surface area contributed by atoms with E-state index in [4.69, 9.17) is 9.47 Å². The molecule has 2 bridgehead atoms. The van der Waals surface area contributed by atoms with E-state index in [0.717, 1.165) is 5.75 Å². The molecule has 0 spiro atoms. The van der Waals surface area contributed by atoms with Crippen molar-refractivity contribution in [3.05, 3.63) is 24.3 Å². The molecule has 1 N–H and O–H groups in total. The maximum Gasteiger partial charge on any atom is 0.313 e. The van der Waals surface area contributed by atoms with Gasteiger partial charge in [0.2, 0.25) is 0 Å². The lowest BCUT2D eigenvalue weighted by atomic mass is 9.66. The number of carbonyl (C=O) groups excluding carboxylic acids is 2. The zero-order valence-electron chi connectivity index (χ0n) is 13.4. The van der Waals surface area contributed by atoms with Gasteiger partial charge in [-0.05, 0) is 44.0 Å². The molecule has 22 heavy (non-hydrogen) atoms. The van der Waals surface area contributed by atoms with Gasteiger partial charge in [0.25, 0.3) is 5.91 Å². The van der Waals surface area contributed by atoms with Crippen molar-refractivity contribution in [3.8, 4) is 5.75 Å². The topological polar surface area (TPSA) is 64.6 Å². The molecule has 5 nitrogen and oxygen atoms in total. The summed E-state index contributed by atoms with van der Waals surface area (Å²) in [5.74, 6) is 0.197. The van der Waals surface area contributed by atoms with Crippen LogP contribution in [-0.2, 0) is 14.3 Å². The van der Waals surface area contributed by atoms with E-state index in [0.29, 0.717) is 18.5 Å². The molecule has 1 heterocycles. The molecule has 1 aliphatic carbocycles. The molecule has 1 aliphatic heterocycles. The second kappa shape index (κ2) is 4.48. The van der Waals surface area contributed by atoms with Crippen molar-refractivity contribution < 1.29 is 19.1 Å². The average molecular weight is 303 g/mol. The largest absolute Gasteiger partial charge is 0.497 e. The molecule has 1 saturated carbocycles. The molecular weight excluding hydrogens is 282 g/mol. The van der Waals surface area contributed by atoms with E-state index in [1.54, 1.807) is 31.4 Å². The van der Waals surface area contributed by atoms with E-state index in [2.05, 4.69) is 5.32 Å². The standard InChI is InChI=1S/C17H21NO4/c1-15(2)16(3)9-10-17(15,22-14(16)20)13(19)18-11-5-7-12(21-4)8-6-11/h5-8H,9-10H2,1-4H3,(H,18,19)/t16-,17+/m1/s1. The van der Waals surface area contributed by atoms with Gasteiger partial charge < -0.3 is 14.8 Å². The maximum atomic E-state index is 12.8. The van der Waals surface area contributed by atoms with Crippen LogP contribution in [0, 0.1) is 10.8 Å². The summed E-state index contributed by atoms with van der Waals surface area (Å²) < 4.78 is 10.7. The molecule has 118 valence electrons. The summed E-state index contributed by atoms with van der Waals surface area (Å²) in [5.41, 5.74) is -1.55. The number of amides is 1. The summed E-state index contributed by atoms with van der Waals surface area (Å²) >= 11 is 0. The van der Waals surface area contributed by atoms with Crippen LogP contribution >= 0.6 is 0 Å². The van der Waals surface area contributed by atoms with Crippen LogP contribution in [0.25, 0.3) is 0 Å². The van der Waals surface area contributed by atoms with Gasteiger partial charge in [-0.25, -0.2) is 0 Å². The number of hydrogen-bond acceptors (Lipinski definition) is 4. The molecule has 1 aromatic rings. The van der Waals surface area contributed by atoms with Crippen molar-refractivity contribution in [3.63, 3.8) is 0 Å². The summed E-state index contributed by atoms with van der Waals surface area (Å²) in [4.78, 5) is 25.0. The van der Waals surface area contributed by atoms with E-state index in [-0.39, 0.29) is 11.9 Å². The fourth-order valence-electron chi connectivity index (χ4n) is 3.65. The number of benzene rings is 1.